The molecule has 0 aromatic carbocycles. The molecule has 3 N–H and O–H groups in total. The summed E-state index contributed by atoms with van der Waals surface area (Å²) in [4.78, 5) is 19.7. The molecule has 0 spiro atoms. The predicted octanol–water partition coefficient (Wildman–Crippen LogP) is -0.165. The van der Waals surface area contributed by atoms with E-state index in [4.69, 9.17) is 15.3 Å². The summed E-state index contributed by atoms with van der Waals surface area (Å²) in [6.07, 6.45) is 0.334. The summed E-state index contributed by atoms with van der Waals surface area (Å²) in [5.41, 5.74) is 0. The summed E-state index contributed by atoms with van der Waals surface area (Å²) in [5.74, 6) is -1.16. The van der Waals surface area contributed by atoms with Crippen LogP contribution in [0.2, 0.25) is 0 Å². The molecule has 0 atom stereocenters. The highest BCUT2D eigenvalue weighted by Crippen LogP contribution is 1.91. The smallest absolute Gasteiger partial charge is 0.341 e. The Morgan fingerprint density at radius 2 is 1.43 bits per heavy atom. The molecule has 0 bridgehead atoms. The van der Waals surface area contributed by atoms with E-state index in [0.29, 0.717) is 0 Å². The number of aliphatic hydroxyl groups excluding tert-OH is 2. The largest absolute Gasteiger partial charge is 0.477 e. The molecule has 0 heterocycles. The Morgan fingerprint density at radius 1 is 1.14 bits per heavy atom. The predicted molar refractivity (Wildman–Crippen MR) is 54.2 cm³/mol. The third-order valence-electron chi connectivity index (χ3n) is 1.03. The number of carboxylic acids is 1. The van der Waals surface area contributed by atoms with Gasteiger partial charge in [0.2, 0.25) is 0 Å². The topological polar surface area (TPSA) is 94.8 Å². The van der Waals surface area contributed by atoms with Crippen LogP contribution in [0.3, 0.4) is 0 Å². The van der Waals surface area contributed by atoms with Crippen molar-refractivity contribution in [2.75, 3.05) is 13.2 Å². The molecule has 0 aliphatic carbocycles. The highest BCUT2D eigenvalue weighted by atomic mass is 32.1. The van der Waals surface area contributed by atoms with Crippen molar-refractivity contribution in [1.82, 2.24) is 0 Å². The van der Waals surface area contributed by atoms with Crippen LogP contribution in [0.4, 0.5) is 0 Å². The van der Waals surface area contributed by atoms with Crippen LogP contribution < -0.4 is 0 Å². The molecule has 0 amide bonds. The van der Waals surface area contributed by atoms with Gasteiger partial charge < -0.3 is 15.3 Å². The number of Topliss-reactive ketones (excluding diaryl/α,β-unsaturated/α-hetero) is 1. The van der Waals surface area contributed by atoms with E-state index in [-0.39, 0.29) is 36.7 Å². The summed E-state index contributed by atoms with van der Waals surface area (Å²) >= 11 is 3.40. The van der Waals surface area contributed by atoms with Gasteiger partial charge in [0.1, 0.15) is 5.78 Å². The average Bonchev–Trinajstić information content (AvgIpc) is 2.06. The quantitative estimate of drug-likeness (QED) is 0.383. The van der Waals surface area contributed by atoms with Crippen LogP contribution in [-0.4, -0.2) is 40.3 Å². The fourth-order valence-corrected chi connectivity index (χ4v) is 0.374. The lowest BCUT2D eigenvalue weighted by atomic mass is 10.2. The van der Waals surface area contributed by atoms with E-state index in [2.05, 4.69) is 19.2 Å². The molecule has 0 rings (SSSR count). The molecule has 0 aromatic rings. The van der Waals surface area contributed by atoms with Crippen molar-refractivity contribution in [3.63, 3.8) is 0 Å². The van der Waals surface area contributed by atoms with Crippen molar-refractivity contribution in [3.05, 3.63) is 11.5 Å². The van der Waals surface area contributed by atoms with E-state index in [9.17, 15) is 9.59 Å². The second kappa shape index (κ2) is 10.2. The Balaban J connectivity index is 0. The SMILES string of the molecule is C=C(S)C(=O)O.O=C(CCO)CCO. The normalized spacial score (nSPS) is 8.50. The van der Waals surface area contributed by atoms with E-state index in [0.717, 1.165) is 0 Å². The number of hydrogen-bond donors (Lipinski definition) is 4. The van der Waals surface area contributed by atoms with Crippen LogP contribution in [0.15, 0.2) is 11.5 Å². The molecular formula is C8H14O5S. The first-order chi connectivity index (χ1) is 6.45. The van der Waals surface area contributed by atoms with Gasteiger partial charge in [0.25, 0.3) is 0 Å². The minimum absolute atomic E-state index is 0.0880. The molecular weight excluding hydrogens is 208 g/mol. The van der Waals surface area contributed by atoms with E-state index >= 15 is 0 Å². The van der Waals surface area contributed by atoms with Gasteiger partial charge in [-0.2, -0.15) is 0 Å². The Hall–Kier alpha value is -0.850. The first-order valence-electron chi connectivity index (χ1n) is 3.80. The van der Waals surface area contributed by atoms with Gasteiger partial charge in [0, 0.05) is 26.1 Å². The molecule has 0 aromatic heterocycles. The van der Waals surface area contributed by atoms with Gasteiger partial charge in [-0.1, -0.05) is 6.58 Å². The lowest BCUT2D eigenvalue weighted by molar-refractivity contribution is -0.131. The van der Waals surface area contributed by atoms with E-state index in [1.807, 2.05) is 0 Å². The minimum atomic E-state index is -1.07. The van der Waals surface area contributed by atoms with Gasteiger partial charge in [-0.25, -0.2) is 4.79 Å². The van der Waals surface area contributed by atoms with Crippen LogP contribution >= 0.6 is 12.6 Å². The maximum Gasteiger partial charge on any atom is 0.341 e. The molecule has 5 nitrogen and oxygen atoms in total. The maximum atomic E-state index is 10.3. The molecule has 0 unspecified atom stereocenters. The number of rotatable bonds is 5. The number of carbonyl (C=O) groups excluding carboxylic acids is 1. The zero-order valence-electron chi connectivity index (χ0n) is 7.64. The third kappa shape index (κ3) is 13.7. The van der Waals surface area contributed by atoms with Crippen molar-refractivity contribution >= 4 is 24.4 Å². The lowest BCUT2D eigenvalue weighted by Crippen LogP contribution is -2.02. The van der Waals surface area contributed by atoms with Crippen LogP contribution in [0.25, 0.3) is 0 Å². The maximum absolute atomic E-state index is 10.3. The summed E-state index contributed by atoms with van der Waals surface area (Å²) in [7, 11) is 0. The Bertz CT molecular complexity index is 182. The second-order valence-electron chi connectivity index (χ2n) is 2.24. The number of ketones is 1. The molecule has 0 fully saturated rings. The minimum Gasteiger partial charge on any atom is -0.477 e. The van der Waals surface area contributed by atoms with Gasteiger partial charge in [0.15, 0.2) is 0 Å². The van der Waals surface area contributed by atoms with E-state index in [1.54, 1.807) is 0 Å². The molecule has 6 heteroatoms. The first kappa shape index (κ1) is 15.6. The first-order valence-corrected chi connectivity index (χ1v) is 4.25. The van der Waals surface area contributed by atoms with E-state index < -0.39 is 5.97 Å². The van der Waals surface area contributed by atoms with Crippen LogP contribution in [-0.2, 0) is 9.59 Å². The molecule has 0 radical (unpaired) electrons. The van der Waals surface area contributed by atoms with Crippen molar-refractivity contribution < 1.29 is 24.9 Å². The Labute approximate surface area is 87.5 Å². The number of thiol groups is 1. The number of hydrogen-bond acceptors (Lipinski definition) is 5. The van der Waals surface area contributed by atoms with Crippen molar-refractivity contribution in [3.8, 4) is 0 Å². The highest BCUT2D eigenvalue weighted by Gasteiger charge is 1.96. The highest BCUT2D eigenvalue weighted by molar-refractivity contribution is 7.85. The van der Waals surface area contributed by atoms with Gasteiger partial charge in [-0.15, -0.1) is 12.6 Å². The summed E-state index contributed by atoms with van der Waals surface area (Å²) < 4.78 is 0. The zero-order valence-corrected chi connectivity index (χ0v) is 8.54. The number of carbonyl (C=O) groups is 2. The van der Waals surface area contributed by atoms with Crippen molar-refractivity contribution in [2.24, 2.45) is 0 Å². The van der Waals surface area contributed by atoms with Gasteiger partial charge in [0.05, 0.1) is 4.91 Å². The molecule has 82 valence electrons. The fraction of sp³-hybridized carbons (Fsp3) is 0.500. The van der Waals surface area contributed by atoms with Crippen molar-refractivity contribution in [1.29, 1.82) is 0 Å². The monoisotopic (exact) mass is 222 g/mol. The standard InChI is InChI=1S/C5H10O3.C3H4O2S/c6-3-1-5(8)2-4-7;1-2(6)3(4)5/h6-7H,1-4H2;6H,1H2,(H,4,5). The number of carboxylic acid groups (broad SMARTS) is 1. The van der Waals surface area contributed by atoms with Gasteiger partial charge >= 0.3 is 5.97 Å². The van der Waals surface area contributed by atoms with Crippen molar-refractivity contribution in [2.45, 2.75) is 12.8 Å². The lowest BCUT2D eigenvalue weighted by Gasteiger charge is -1.90. The van der Waals surface area contributed by atoms with Gasteiger partial charge in [-0.3, -0.25) is 4.79 Å². The molecule has 0 aliphatic heterocycles. The number of aliphatic hydroxyl groups is 2. The summed E-state index contributed by atoms with van der Waals surface area (Å²) in [6, 6.07) is 0. The molecule has 0 saturated heterocycles. The average molecular weight is 222 g/mol. The van der Waals surface area contributed by atoms with Crippen LogP contribution in [0.1, 0.15) is 12.8 Å². The molecule has 0 aliphatic rings. The Morgan fingerprint density at radius 3 is 1.57 bits per heavy atom. The number of aliphatic carboxylic acids is 1. The Kier molecular flexibility index (Phi) is 11.4. The van der Waals surface area contributed by atoms with Crippen LogP contribution in [0.5, 0.6) is 0 Å². The second-order valence-corrected chi connectivity index (χ2v) is 2.78. The van der Waals surface area contributed by atoms with Crippen LogP contribution in [0, 0.1) is 0 Å². The third-order valence-corrected chi connectivity index (χ3v) is 1.22. The zero-order chi connectivity index (χ0) is 11.6. The molecule has 14 heavy (non-hydrogen) atoms. The summed E-state index contributed by atoms with van der Waals surface area (Å²) in [5, 5.41) is 24.1. The van der Waals surface area contributed by atoms with E-state index in [1.165, 1.54) is 0 Å². The summed E-state index contributed by atoms with van der Waals surface area (Å²) in [6.45, 7) is 2.79. The fourth-order valence-electron chi connectivity index (χ4n) is 0.374. The van der Waals surface area contributed by atoms with Gasteiger partial charge in [-0.05, 0) is 0 Å². The molecule has 0 saturated carbocycles.